The lowest BCUT2D eigenvalue weighted by atomic mass is 9.86. The quantitative estimate of drug-likeness (QED) is 0.118. The fourth-order valence-electron chi connectivity index (χ4n) is 6.93. The predicted molar refractivity (Wildman–Crippen MR) is 195 cm³/mol. The Morgan fingerprint density at radius 1 is 0.926 bits per heavy atom. The Bertz CT molecular complexity index is 1960. The molecule has 0 radical (unpaired) electrons. The van der Waals surface area contributed by atoms with Crippen LogP contribution in [0.2, 0.25) is 10.0 Å². The average molecular weight is 786 g/mol. The number of pyridine rings is 1. The minimum absolute atomic E-state index is 0.0209. The topological polar surface area (TPSA) is 91.7 Å². The zero-order valence-electron chi connectivity index (χ0n) is 29.2. The molecule has 3 aromatic carbocycles. The summed E-state index contributed by atoms with van der Waals surface area (Å²) in [5, 5.41) is 0.604. The normalized spacial score (nSPS) is 19.6. The Labute approximate surface area is 320 Å². The van der Waals surface area contributed by atoms with E-state index in [0.717, 1.165) is 38.8 Å². The Hall–Kier alpha value is -4.52. The maximum absolute atomic E-state index is 14.4. The van der Waals surface area contributed by atoms with Crippen molar-refractivity contribution in [2.75, 3.05) is 31.1 Å². The minimum atomic E-state index is -3.07. The summed E-state index contributed by atoms with van der Waals surface area (Å²) in [5.74, 6) is -0.686. The van der Waals surface area contributed by atoms with Crippen LogP contribution in [0, 0.1) is 17.7 Å². The molecule has 1 amide bonds. The number of amides is 1. The number of H-pyrrole nitrogens is 1. The second-order valence-corrected chi connectivity index (χ2v) is 14.7. The average Bonchev–Trinajstić information content (AvgIpc) is 3.99. The summed E-state index contributed by atoms with van der Waals surface area (Å²) >= 11 is 13.0. The van der Waals surface area contributed by atoms with Crippen LogP contribution in [-0.2, 0) is 22.4 Å². The molecular weight excluding hydrogens is 746 g/mol. The van der Waals surface area contributed by atoms with E-state index in [0.29, 0.717) is 51.5 Å². The predicted octanol–water partition coefficient (Wildman–Crippen LogP) is 8.72. The molecule has 1 N–H and O–H groups in total. The number of alkyl halides is 2. The Morgan fingerprint density at radius 3 is 2.37 bits per heavy atom. The fraction of sp³-hybridized carbons (Fsp3) is 0.375. The zero-order valence-corrected chi connectivity index (χ0v) is 30.7. The van der Waals surface area contributed by atoms with Crippen molar-refractivity contribution in [2.24, 2.45) is 11.8 Å². The van der Waals surface area contributed by atoms with Gasteiger partial charge < -0.3 is 18.9 Å². The molecule has 9 nitrogen and oxygen atoms in total. The molecular formula is C40H39Cl2F3N3O6+. The lowest BCUT2D eigenvalue weighted by molar-refractivity contribution is -0.377. The Kier molecular flexibility index (Phi) is 11.8. The van der Waals surface area contributed by atoms with Gasteiger partial charge >= 0.3 is 18.7 Å². The van der Waals surface area contributed by atoms with E-state index < -0.39 is 30.6 Å². The van der Waals surface area contributed by atoms with Crippen LogP contribution < -0.4 is 19.4 Å². The van der Waals surface area contributed by atoms with Crippen molar-refractivity contribution in [1.82, 2.24) is 4.90 Å². The number of aromatic nitrogens is 1. The summed E-state index contributed by atoms with van der Waals surface area (Å²) < 4.78 is 63.8. The van der Waals surface area contributed by atoms with Crippen molar-refractivity contribution in [1.29, 1.82) is 0 Å². The van der Waals surface area contributed by atoms with Gasteiger partial charge in [-0.25, -0.2) is 19.0 Å². The molecule has 54 heavy (non-hydrogen) atoms. The van der Waals surface area contributed by atoms with Crippen molar-refractivity contribution >= 4 is 41.0 Å². The van der Waals surface area contributed by atoms with E-state index in [1.807, 2.05) is 0 Å². The number of esters is 1. The number of benzene rings is 3. The minimum Gasteiger partial charge on any atom is -0.489 e. The SMILES string of the molecule is O=C(O[C@@H](Cc1c(Cl)c[nH+]cc1Cl)c1ccc(OC(F)F)c(OCC2CC2)c1)c1cccc(CN(C(=O)O[C@H]2CN3CCC2CC3)c2cccc(F)c2)c1. The van der Waals surface area contributed by atoms with Gasteiger partial charge in [-0.05, 0) is 104 Å². The molecule has 4 aromatic rings. The van der Waals surface area contributed by atoms with Gasteiger partial charge in [0, 0.05) is 18.5 Å². The molecule has 1 aromatic heterocycles. The number of nitrogens with zero attached hydrogens (tertiary/aromatic N) is 2. The van der Waals surface area contributed by atoms with Crippen molar-refractivity contribution < 1.29 is 46.7 Å². The molecule has 2 bridgehead atoms. The molecule has 4 fully saturated rings. The van der Waals surface area contributed by atoms with Gasteiger partial charge in [0.25, 0.3) is 0 Å². The van der Waals surface area contributed by atoms with Crippen molar-refractivity contribution in [3.05, 3.63) is 117 Å². The van der Waals surface area contributed by atoms with Crippen LogP contribution in [0.1, 0.15) is 58.8 Å². The number of halogens is 5. The van der Waals surface area contributed by atoms with Crippen molar-refractivity contribution in [3.63, 3.8) is 0 Å². The number of anilines is 1. The first-order valence-corrected chi connectivity index (χ1v) is 18.7. The number of ether oxygens (including phenoxy) is 4. The highest BCUT2D eigenvalue weighted by Gasteiger charge is 2.37. The highest BCUT2D eigenvalue weighted by Crippen LogP contribution is 2.38. The van der Waals surface area contributed by atoms with Gasteiger partial charge in [0.1, 0.15) is 28.1 Å². The molecule has 3 aliphatic heterocycles. The first kappa shape index (κ1) is 37.8. The number of nitrogens with one attached hydrogen (secondary N) is 1. The molecule has 4 heterocycles. The van der Waals surface area contributed by atoms with Gasteiger partial charge in [-0.15, -0.1) is 0 Å². The molecule has 3 saturated heterocycles. The van der Waals surface area contributed by atoms with Crippen LogP contribution in [0.25, 0.3) is 0 Å². The van der Waals surface area contributed by atoms with E-state index >= 15 is 0 Å². The van der Waals surface area contributed by atoms with Gasteiger partial charge in [-0.3, -0.25) is 9.80 Å². The highest BCUT2D eigenvalue weighted by molar-refractivity contribution is 6.35. The smallest absolute Gasteiger partial charge is 0.414 e. The van der Waals surface area contributed by atoms with E-state index in [9.17, 15) is 22.8 Å². The third-order valence-corrected chi connectivity index (χ3v) is 10.7. The maximum Gasteiger partial charge on any atom is 0.414 e. The number of hydrogen-bond acceptors (Lipinski definition) is 7. The number of piperidine rings is 3. The van der Waals surface area contributed by atoms with Crippen molar-refractivity contribution in [2.45, 2.75) is 57.5 Å². The highest BCUT2D eigenvalue weighted by atomic mass is 35.5. The molecule has 1 aliphatic carbocycles. The van der Waals surface area contributed by atoms with E-state index in [2.05, 4.69) is 9.88 Å². The van der Waals surface area contributed by atoms with Crippen LogP contribution >= 0.6 is 23.2 Å². The third kappa shape index (κ3) is 9.40. The largest absolute Gasteiger partial charge is 0.489 e. The zero-order chi connectivity index (χ0) is 37.8. The van der Waals surface area contributed by atoms with Crippen LogP contribution in [0.4, 0.5) is 23.7 Å². The summed E-state index contributed by atoms with van der Waals surface area (Å²) in [6, 6.07) is 16.7. The van der Waals surface area contributed by atoms with Crippen LogP contribution in [0.15, 0.2) is 79.1 Å². The van der Waals surface area contributed by atoms with Crippen LogP contribution in [0.3, 0.4) is 0 Å². The summed E-state index contributed by atoms with van der Waals surface area (Å²) in [7, 11) is 0. The van der Waals surface area contributed by atoms with Gasteiger partial charge in [-0.1, -0.05) is 47.5 Å². The lowest BCUT2D eigenvalue weighted by Gasteiger charge is -2.44. The first-order valence-electron chi connectivity index (χ1n) is 17.9. The monoisotopic (exact) mass is 784 g/mol. The van der Waals surface area contributed by atoms with Crippen molar-refractivity contribution in [3.8, 4) is 11.5 Å². The van der Waals surface area contributed by atoms with E-state index in [1.54, 1.807) is 42.7 Å². The van der Waals surface area contributed by atoms with E-state index in [-0.39, 0.29) is 42.0 Å². The Morgan fingerprint density at radius 2 is 1.69 bits per heavy atom. The molecule has 8 rings (SSSR count). The fourth-order valence-corrected chi connectivity index (χ4v) is 7.46. The molecule has 14 heteroatoms. The Balaban J connectivity index is 1.14. The molecule has 4 aliphatic rings. The summed E-state index contributed by atoms with van der Waals surface area (Å²) in [6.45, 7) is -0.151. The maximum atomic E-state index is 14.4. The molecule has 1 saturated carbocycles. The summed E-state index contributed by atoms with van der Waals surface area (Å²) in [6.07, 6.45) is 5.10. The van der Waals surface area contributed by atoms with Crippen LogP contribution in [-0.4, -0.2) is 55.9 Å². The number of rotatable bonds is 14. The standard InChI is InChI=1S/C40H38Cl2F3N3O6/c41-32-19-46-20-33(42)31(32)18-35(27-9-10-34(53-39(44)45)36(16-27)51-23-24-7-8-24)52-38(49)28-4-1-3-25(15-28)21-48(30-6-2-5-29(43)17-30)40(50)54-37-22-47-13-11-26(37)12-14-47/h1-6,9-10,15-17,19-20,24,26,35,37,39H,7-8,11-14,18,21-23H2/p+1/t35-,37-/m0/s1. The third-order valence-electron chi connectivity index (χ3n) is 10.1. The molecule has 2 atom stereocenters. The van der Waals surface area contributed by atoms with E-state index in [4.69, 9.17) is 42.1 Å². The number of hydrogen-bond donors (Lipinski definition) is 0. The molecule has 0 unspecified atom stereocenters. The number of carbonyl (C=O) groups excluding carboxylic acids is 2. The van der Waals surface area contributed by atoms with Gasteiger partial charge in [0.15, 0.2) is 23.9 Å². The number of fused-ring (bicyclic) bond motifs is 3. The van der Waals surface area contributed by atoms with Gasteiger partial charge in [-0.2, -0.15) is 8.78 Å². The molecule has 0 spiro atoms. The number of aromatic amines is 1. The lowest BCUT2D eigenvalue weighted by Crippen LogP contribution is -2.53. The molecule has 284 valence electrons. The number of carbonyl (C=O) groups is 2. The van der Waals surface area contributed by atoms with Crippen LogP contribution in [0.5, 0.6) is 11.5 Å². The summed E-state index contributed by atoms with van der Waals surface area (Å²) in [5.41, 5.74) is 1.96. The second-order valence-electron chi connectivity index (χ2n) is 13.9. The van der Waals surface area contributed by atoms with Gasteiger partial charge in [0.2, 0.25) is 0 Å². The van der Waals surface area contributed by atoms with E-state index in [1.165, 1.54) is 41.3 Å². The first-order chi connectivity index (χ1) is 26.1. The van der Waals surface area contributed by atoms with Gasteiger partial charge in [0.05, 0.1) is 24.4 Å². The summed E-state index contributed by atoms with van der Waals surface area (Å²) in [4.78, 5) is 34.1. The second kappa shape index (κ2) is 16.9.